The number of hydrogen-bond acceptors (Lipinski definition) is 2. The second kappa shape index (κ2) is 3.31. The van der Waals surface area contributed by atoms with Gasteiger partial charge in [-0.05, 0) is 0 Å². The SMILES string of the molecule is CN(C)C(=O)C(Cl)C#N. The number of carbonyl (C=O) groups is 1. The smallest absolute Gasteiger partial charge is 0.254 e. The summed E-state index contributed by atoms with van der Waals surface area (Å²) >= 11 is 5.26. The normalized spacial score (nSPS) is 11.8. The molecule has 0 saturated carbocycles. The first-order chi connectivity index (χ1) is 4.09. The van der Waals surface area contributed by atoms with Gasteiger partial charge in [-0.3, -0.25) is 4.79 Å². The third-order valence-corrected chi connectivity index (χ3v) is 1.06. The van der Waals surface area contributed by atoms with Gasteiger partial charge in [-0.25, -0.2) is 0 Å². The topological polar surface area (TPSA) is 44.1 Å². The summed E-state index contributed by atoms with van der Waals surface area (Å²) in [5.74, 6) is -0.376. The van der Waals surface area contributed by atoms with E-state index in [0.717, 1.165) is 0 Å². The Labute approximate surface area is 58.8 Å². The maximum absolute atomic E-state index is 10.6. The highest BCUT2D eigenvalue weighted by molar-refractivity contribution is 6.32. The van der Waals surface area contributed by atoms with E-state index in [9.17, 15) is 4.79 Å². The summed E-state index contributed by atoms with van der Waals surface area (Å²) in [4.78, 5) is 11.9. The average molecular weight is 147 g/mol. The molecule has 9 heavy (non-hydrogen) atoms. The zero-order chi connectivity index (χ0) is 7.44. The van der Waals surface area contributed by atoms with E-state index in [0.29, 0.717) is 0 Å². The molecule has 0 aromatic carbocycles. The molecule has 0 radical (unpaired) electrons. The minimum atomic E-state index is -1.04. The molecule has 0 aromatic heterocycles. The molecule has 0 saturated heterocycles. The van der Waals surface area contributed by atoms with Crippen molar-refractivity contribution in [3.05, 3.63) is 0 Å². The molecule has 3 nitrogen and oxygen atoms in total. The van der Waals surface area contributed by atoms with Crippen molar-refractivity contribution in [3.8, 4) is 6.07 Å². The molecule has 0 N–H and O–H groups in total. The van der Waals surface area contributed by atoms with Gasteiger partial charge < -0.3 is 4.90 Å². The summed E-state index contributed by atoms with van der Waals surface area (Å²) in [6.45, 7) is 0. The van der Waals surface area contributed by atoms with Crippen molar-refractivity contribution in [1.82, 2.24) is 4.90 Å². The van der Waals surface area contributed by atoms with Gasteiger partial charge in [0.15, 0.2) is 5.38 Å². The summed E-state index contributed by atoms with van der Waals surface area (Å²) < 4.78 is 0. The van der Waals surface area contributed by atoms with Crippen LogP contribution in [-0.4, -0.2) is 30.3 Å². The fraction of sp³-hybridized carbons (Fsp3) is 0.600. The van der Waals surface area contributed by atoms with E-state index in [4.69, 9.17) is 16.9 Å². The number of hydrogen-bond donors (Lipinski definition) is 0. The number of carbonyl (C=O) groups excluding carboxylic acids is 1. The molecule has 0 aliphatic rings. The quantitative estimate of drug-likeness (QED) is 0.497. The van der Waals surface area contributed by atoms with Crippen LogP contribution in [0.1, 0.15) is 0 Å². The van der Waals surface area contributed by atoms with Crippen LogP contribution in [0.25, 0.3) is 0 Å². The highest BCUT2D eigenvalue weighted by atomic mass is 35.5. The molecule has 1 atom stereocenters. The van der Waals surface area contributed by atoms with Crippen molar-refractivity contribution in [1.29, 1.82) is 5.26 Å². The van der Waals surface area contributed by atoms with Crippen LogP contribution in [0.15, 0.2) is 0 Å². The third-order valence-electron chi connectivity index (χ3n) is 0.771. The molecule has 50 valence electrons. The molecule has 1 amide bonds. The van der Waals surface area contributed by atoms with Gasteiger partial charge in [-0.1, -0.05) is 11.6 Å². The molecule has 0 heterocycles. The second-order valence-electron chi connectivity index (χ2n) is 1.72. The lowest BCUT2D eigenvalue weighted by Crippen LogP contribution is -2.29. The minimum absolute atomic E-state index is 0.376. The predicted octanol–water partition coefficient (Wildman–Crippen LogP) is 0.206. The minimum Gasteiger partial charge on any atom is -0.347 e. The summed E-state index contributed by atoms with van der Waals surface area (Å²) in [5, 5.41) is 7.08. The Hall–Kier alpha value is -0.750. The molecule has 0 spiro atoms. The average Bonchev–Trinajstić information content (AvgIpc) is 1.84. The number of nitrogens with zero attached hydrogens (tertiary/aromatic N) is 2. The second-order valence-corrected chi connectivity index (χ2v) is 2.16. The maximum Gasteiger partial charge on any atom is 0.254 e. The van der Waals surface area contributed by atoms with Crippen LogP contribution in [0, 0.1) is 11.3 Å². The van der Waals surface area contributed by atoms with Gasteiger partial charge in [0.1, 0.15) is 0 Å². The molecule has 0 bridgehead atoms. The Morgan fingerprint density at radius 1 is 1.78 bits per heavy atom. The van der Waals surface area contributed by atoms with Crippen LogP contribution < -0.4 is 0 Å². The van der Waals surface area contributed by atoms with E-state index < -0.39 is 5.38 Å². The highest BCUT2D eigenvalue weighted by Gasteiger charge is 2.14. The van der Waals surface area contributed by atoms with E-state index >= 15 is 0 Å². The lowest BCUT2D eigenvalue weighted by Gasteiger charge is -2.08. The van der Waals surface area contributed by atoms with Gasteiger partial charge >= 0.3 is 0 Å². The van der Waals surface area contributed by atoms with Gasteiger partial charge in [0.25, 0.3) is 5.91 Å². The van der Waals surface area contributed by atoms with Crippen molar-refractivity contribution < 1.29 is 4.79 Å². The van der Waals surface area contributed by atoms with Crippen LogP contribution in [0.4, 0.5) is 0 Å². The highest BCUT2D eigenvalue weighted by Crippen LogP contribution is 1.96. The van der Waals surface area contributed by atoms with E-state index in [1.165, 1.54) is 4.90 Å². The van der Waals surface area contributed by atoms with Crippen molar-refractivity contribution in [2.75, 3.05) is 14.1 Å². The monoisotopic (exact) mass is 146 g/mol. The van der Waals surface area contributed by atoms with Crippen molar-refractivity contribution in [2.45, 2.75) is 5.38 Å². The Bertz CT molecular complexity index is 150. The Morgan fingerprint density at radius 3 is 2.33 bits per heavy atom. The van der Waals surface area contributed by atoms with E-state index in [1.54, 1.807) is 20.2 Å². The molecular formula is C5H7ClN2O. The number of rotatable bonds is 1. The van der Waals surface area contributed by atoms with E-state index in [2.05, 4.69) is 0 Å². The van der Waals surface area contributed by atoms with Crippen molar-refractivity contribution >= 4 is 17.5 Å². The lowest BCUT2D eigenvalue weighted by molar-refractivity contribution is -0.127. The van der Waals surface area contributed by atoms with Crippen LogP contribution >= 0.6 is 11.6 Å². The number of nitriles is 1. The molecule has 0 aliphatic heterocycles. The summed E-state index contributed by atoms with van der Waals surface area (Å²) in [6.07, 6.45) is 0. The molecule has 0 fully saturated rings. The molecule has 0 aliphatic carbocycles. The lowest BCUT2D eigenvalue weighted by atomic mass is 10.4. The van der Waals surface area contributed by atoms with Gasteiger partial charge in [-0.2, -0.15) is 5.26 Å². The van der Waals surface area contributed by atoms with E-state index in [-0.39, 0.29) is 5.91 Å². The summed E-state index contributed by atoms with van der Waals surface area (Å²) in [6, 6.07) is 1.62. The number of alkyl halides is 1. The van der Waals surface area contributed by atoms with Crippen molar-refractivity contribution in [2.24, 2.45) is 0 Å². The molecule has 4 heteroatoms. The van der Waals surface area contributed by atoms with E-state index in [1.807, 2.05) is 0 Å². The third kappa shape index (κ3) is 2.34. The Balaban J connectivity index is 3.92. The van der Waals surface area contributed by atoms with Gasteiger partial charge in [0.05, 0.1) is 6.07 Å². The number of amides is 1. The molecule has 0 aromatic rings. The summed E-state index contributed by atoms with van der Waals surface area (Å²) in [5.41, 5.74) is 0. The van der Waals surface area contributed by atoms with Gasteiger partial charge in [0.2, 0.25) is 0 Å². The fourth-order valence-electron chi connectivity index (χ4n) is 0.282. The molecule has 0 rings (SSSR count). The fourth-order valence-corrected chi connectivity index (χ4v) is 0.477. The van der Waals surface area contributed by atoms with Gasteiger partial charge in [0, 0.05) is 14.1 Å². The van der Waals surface area contributed by atoms with Crippen LogP contribution in [0.5, 0.6) is 0 Å². The zero-order valence-corrected chi connectivity index (χ0v) is 6.01. The predicted molar refractivity (Wildman–Crippen MR) is 33.9 cm³/mol. The molecular weight excluding hydrogens is 140 g/mol. The number of halogens is 1. The summed E-state index contributed by atoms with van der Waals surface area (Å²) in [7, 11) is 3.10. The van der Waals surface area contributed by atoms with Crippen LogP contribution in [0.2, 0.25) is 0 Å². The first-order valence-electron chi connectivity index (χ1n) is 2.34. The van der Waals surface area contributed by atoms with Crippen LogP contribution in [0.3, 0.4) is 0 Å². The largest absolute Gasteiger partial charge is 0.347 e. The maximum atomic E-state index is 10.6. The van der Waals surface area contributed by atoms with Crippen LogP contribution in [-0.2, 0) is 4.79 Å². The Kier molecular flexibility index (Phi) is 3.03. The molecule has 1 unspecified atom stereocenters. The Morgan fingerprint density at radius 2 is 2.22 bits per heavy atom. The first-order valence-corrected chi connectivity index (χ1v) is 2.78. The zero-order valence-electron chi connectivity index (χ0n) is 5.26. The first kappa shape index (κ1) is 8.25. The standard InChI is InChI=1S/C5H7ClN2O/c1-8(2)5(9)4(6)3-7/h4H,1-2H3. The van der Waals surface area contributed by atoms with Crippen molar-refractivity contribution in [3.63, 3.8) is 0 Å². The van der Waals surface area contributed by atoms with Gasteiger partial charge in [-0.15, -0.1) is 0 Å².